The molecule has 6 nitrogen and oxygen atoms in total. The molecule has 172 valence electrons. The number of nitrogens with two attached hydrogens (primary N) is 1. The SMILES string of the molecule is COc1cc2nc(N(C)CCC(c3ccccc3)c3ccccc3)nc(N)c2cc1OC.Cl. The van der Waals surface area contributed by atoms with E-state index in [1.807, 2.05) is 36.2 Å². The second-order valence-electron chi connectivity index (χ2n) is 7.72. The van der Waals surface area contributed by atoms with E-state index in [2.05, 4.69) is 53.5 Å². The molecule has 0 atom stereocenters. The van der Waals surface area contributed by atoms with E-state index in [1.165, 1.54) is 11.1 Å². The van der Waals surface area contributed by atoms with Crippen molar-refractivity contribution in [1.29, 1.82) is 0 Å². The van der Waals surface area contributed by atoms with E-state index < -0.39 is 0 Å². The molecule has 0 amide bonds. The van der Waals surface area contributed by atoms with E-state index in [4.69, 9.17) is 20.2 Å². The summed E-state index contributed by atoms with van der Waals surface area (Å²) in [6.45, 7) is 0.771. The maximum atomic E-state index is 6.27. The van der Waals surface area contributed by atoms with Crippen LogP contribution in [-0.4, -0.2) is 37.8 Å². The van der Waals surface area contributed by atoms with Gasteiger partial charge in [0, 0.05) is 31.0 Å². The van der Waals surface area contributed by atoms with E-state index in [1.54, 1.807) is 14.2 Å². The van der Waals surface area contributed by atoms with Gasteiger partial charge in [-0.25, -0.2) is 4.98 Å². The fraction of sp³-hybridized carbons (Fsp3) is 0.231. The van der Waals surface area contributed by atoms with Gasteiger partial charge in [0.2, 0.25) is 5.95 Å². The van der Waals surface area contributed by atoms with Crippen molar-refractivity contribution in [3.8, 4) is 11.5 Å². The topological polar surface area (TPSA) is 73.5 Å². The van der Waals surface area contributed by atoms with Gasteiger partial charge in [-0.2, -0.15) is 4.98 Å². The smallest absolute Gasteiger partial charge is 0.227 e. The highest BCUT2D eigenvalue weighted by Crippen LogP contribution is 2.34. The van der Waals surface area contributed by atoms with Gasteiger partial charge < -0.3 is 20.1 Å². The molecule has 0 radical (unpaired) electrons. The fourth-order valence-corrected chi connectivity index (χ4v) is 3.96. The van der Waals surface area contributed by atoms with Crippen molar-refractivity contribution in [3.05, 3.63) is 83.9 Å². The number of ether oxygens (including phenoxy) is 2. The van der Waals surface area contributed by atoms with Crippen molar-refractivity contribution >= 4 is 35.1 Å². The number of nitrogens with zero attached hydrogens (tertiary/aromatic N) is 3. The molecule has 0 aliphatic rings. The third kappa shape index (κ3) is 5.29. The summed E-state index contributed by atoms with van der Waals surface area (Å²) in [4.78, 5) is 11.3. The van der Waals surface area contributed by atoms with Gasteiger partial charge in [-0.3, -0.25) is 0 Å². The Labute approximate surface area is 200 Å². The first kappa shape index (κ1) is 24.1. The van der Waals surface area contributed by atoms with Crippen LogP contribution in [0, 0.1) is 0 Å². The molecule has 1 aromatic heterocycles. The number of fused-ring (bicyclic) bond motifs is 1. The van der Waals surface area contributed by atoms with Crippen molar-refractivity contribution in [1.82, 2.24) is 9.97 Å². The van der Waals surface area contributed by atoms with E-state index >= 15 is 0 Å². The van der Waals surface area contributed by atoms with Crippen molar-refractivity contribution in [3.63, 3.8) is 0 Å². The lowest BCUT2D eigenvalue weighted by Crippen LogP contribution is -2.23. The normalized spacial score (nSPS) is 10.7. The Morgan fingerprint density at radius 3 is 1.94 bits per heavy atom. The lowest BCUT2D eigenvalue weighted by Gasteiger charge is -2.23. The highest BCUT2D eigenvalue weighted by atomic mass is 35.5. The molecular weight excluding hydrogens is 436 g/mol. The first-order valence-electron chi connectivity index (χ1n) is 10.6. The van der Waals surface area contributed by atoms with Gasteiger partial charge in [0.25, 0.3) is 0 Å². The zero-order chi connectivity index (χ0) is 22.5. The lowest BCUT2D eigenvalue weighted by atomic mass is 9.88. The molecule has 0 aliphatic carbocycles. The van der Waals surface area contributed by atoms with Crippen LogP contribution < -0.4 is 20.1 Å². The van der Waals surface area contributed by atoms with Gasteiger partial charge in [0.05, 0.1) is 19.7 Å². The Morgan fingerprint density at radius 1 is 0.848 bits per heavy atom. The molecule has 0 fully saturated rings. The lowest BCUT2D eigenvalue weighted by molar-refractivity contribution is 0.356. The van der Waals surface area contributed by atoms with Crippen molar-refractivity contribution in [2.45, 2.75) is 12.3 Å². The molecule has 0 unspecified atom stereocenters. The van der Waals surface area contributed by atoms with Crippen LogP contribution in [0.5, 0.6) is 11.5 Å². The molecule has 33 heavy (non-hydrogen) atoms. The van der Waals surface area contributed by atoms with E-state index in [-0.39, 0.29) is 18.3 Å². The predicted octanol–water partition coefficient (Wildman–Crippen LogP) is 5.31. The van der Waals surface area contributed by atoms with Gasteiger partial charge >= 0.3 is 0 Å². The summed E-state index contributed by atoms with van der Waals surface area (Å²) < 4.78 is 10.8. The fourth-order valence-electron chi connectivity index (χ4n) is 3.96. The molecule has 4 rings (SSSR count). The van der Waals surface area contributed by atoms with E-state index in [9.17, 15) is 0 Å². The number of anilines is 2. The number of hydrogen-bond acceptors (Lipinski definition) is 6. The first-order valence-corrected chi connectivity index (χ1v) is 10.6. The Hall–Kier alpha value is -3.51. The molecule has 0 saturated heterocycles. The van der Waals surface area contributed by atoms with Gasteiger partial charge in [0.15, 0.2) is 11.5 Å². The Bertz CT molecular complexity index is 1150. The minimum atomic E-state index is 0. The van der Waals surface area contributed by atoms with Crippen molar-refractivity contribution in [2.75, 3.05) is 38.4 Å². The Morgan fingerprint density at radius 2 is 1.39 bits per heavy atom. The summed E-state index contributed by atoms with van der Waals surface area (Å²) in [5.41, 5.74) is 9.58. The summed E-state index contributed by atoms with van der Waals surface area (Å²) >= 11 is 0. The minimum absolute atomic E-state index is 0. The zero-order valence-electron chi connectivity index (χ0n) is 19.1. The number of hydrogen-bond donors (Lipinski definition) is 1. The molecule has 4 aromatic rings. The average Bonchev–Trinajstić information content (AvgIpc) is 2.84. The second kappa shape index (κ2) is 10.9. The summed E-state index contributed by atoms with van der Waals surface area (Å²) in [7, 11) is 5.20. The van der Waals surface area contributed by atoms with E-state index in [0.717, 1.165) is 23.9 Å². The summed E-state index contributed by atoms with van der Waals surface area (Å²) in [6.07, 6.45) is 0.914. The van der Waals surface area contributed by atoms with Crippen LogP contribution in [0.25, 0.3) is 10.9 Å². The third-order valence-corrected chi connectivity index (χ3v) is 5.72. The maximum Gasteiger partial charge on any atom is 0.227 e. The number of methoxy groups -OCH3 is 2. The highest BCUT2D eigenvalue weighted by molar-refractivity contribution is 5.91. The molecular formula is C26H29ClN4O2. The zero-order valence-corrected chi connectivity index (χ0v) is 19.9. The van der Waals surface area contributed by atoms with Crippen LogP contribution in [0.2, 0.25) is 0 Å². The van der Waals surface area contributed by atoms with Crippen LogP contribution in [-0.2, 0) is 0 Å². The van der Waals surface area contributed by atoms with Crippen LogP contribution >= 0.6 is 12.4 Å². The molecule has 0 bridgehead atoms. The standard InChI is InChI=1S/C26H28N4O2.ClH/c1-30(15-14-20(18-10-6-4-7-11-18)19-12-8-5-9-13-19)26-28-22-17-24(32-3)23(31-2)16-21(22)25(27)29-26;/h4-13,16-17,20H,14-15H2,1-3H3,(H2,27,28,29);1H. The number of nitrogen functional groups attached to an aromatic ring is 1. The van der Waals surface area contributed by atoms with Gasteiger partial charge in [0.1, 0.15) is 5.82 Å². The molecule has 3 aromatic carbocycles. The number of aromatic nitrogens is 2. The van der Waals surface area contributed by atoms with Crippen LogP contribution in [0.3, 0.4) is 0 Å². The molecule has 0 aliphatic heterocycles. The Kier molecular flexibility index (Phi) is 7.96. The van der Waals surface area contributed by atoms with Crippen LogP contribution in [0.4, 0.5) is 11.8 Å². The molecule has 0 saturated carbocycles. The Balaban J connectivity index is 0.00000306. The first-order chi connectivity index (χ1) is 15.6. The maximum absolute atomic E-state index is 6.27. The van der Waals surface area contributed by atoms with Crippen LogP contribution in [0.1, 0.15) is 23.5 Å². The van der Waals surface area contributed by atoms with E-state index in [0.29, 0.717) is 23.3 Å². The van der Waals surface area contributed by atoms with Crippen LogP contribution in [0.15, 0.2) is 72.8 Å². The minimum Gasteiger partial charge on any atom is -0.493 e. The van der Waals surface area contributed by atoms with Crippen molar-refractivity contribution in [2.24, 2.45) is 0 Å². The second-order valence-corrected chi connectivity index (χ2v) is 7.72. The van der Waals surface area contributed by atoms with Crippen molar-refractivity contribution < 1.29 is 9.47 Å². The molecule has 0 spiro atoms. The number of benzene rings is 3. The highest BCUT2D eigenvalue weighted by Gasteiger charge is 2.17. The van der Waals surface area contributed by atoms with Gasteiger partial charge in [-0.15, -0.1) is 12.4 Å². The summed E-state index contributed by atoms with van der Waals surface area (Å²) in [6, 6.07) is 24.8. The monoisotopic (exact) mass is 464 g/mol. The largest absolute Gasteiger partial charge is 0.493 e. The van der Waals surface area contributed by atoms with Gasteiger partial charge in [-0.05, 0) is 23.6 Å². The summed E-state index contributed by atoms with van der Waals surface area (Å²) in [5, 5.41) is 0.742. The average molecular weight is 465 g/mol. The molecule has 7 heteroatoms. The molecule has 2 N–H and O–H groups in total. The molecule has 1 heterocycles. The summed E-state index contributed by atoms with van der Waals surface area (Å²) in [5.74, 6) is 2.49. The predicted molar refractivity (Wildman–Crippen MR) is 137 cm³/mol. The quantitative estimate of drug-likeness (QED) is 0.381. The number of rotatable bonds is 8. The number of halogens is 1. The van der Waals surface area contributed by atoms with Gasteiger partial charge in [-0.1, -0.05) is 60.7 Å². The third-order valence-electron chi connectivity index (χ3n) is 5.72.